The predicted molar refractivity (Wildman–Crippen MR) is 98.3 cm³/mol. The molecule has 1 atom stereocenters. The van der Waals surface area contributed by atoms with Crippen molar-refractivity contribution in [3.05, 3.63) is 102 Å². The third-order valence-electron chi connectivity index (χ3n) is 4.20. The van der Waals surface area contributed by atoms with E-state index in [1.54, 1.807) is 12.4 Å². The van der Waals surface area contributed by atoms with Crippen molar-refractivity contribution in [1.82, 2.24) is 15.3 Å². The van der Waals surface area contributed by atoms with Gasteiger partial charge in [-0.1, -0.05) is 48.5 Å². The van der Waals surface area contributed by atoms with E-state index in [4.69, 9.17) is 0 Å². The van der Waals surface area contributed by atoms with Crippen molar-refractivity contribution in [2.75, 3.05) is 0 Å². The maximum absolute atomic E-state index is 12.7. The molecule has 0 aliphatic heterocycles. The van der Waals surface area contributed by atoms with Crippen LogP contribution in [0.4, 0.5) is 0 Å². The van der Waals surface area contributed by atoms with Crippen LogP contribution in [0.3, 0.4) is 0 Å². The number of carbonyl (C=O) groups is 1. The number of aromatic amines is 1. The van der Waals surface area contributed by atoms with E-state index in [2.05, 4.69) is 21.4 Å². The fraction of sp³-hybridized carbons (Fsp3) is 0.0476. The van der Waals surface area contributed by atoms with Gasteiger partial charge in [0.1, 0.15) is 0 Å². The largest absolute Gasteiger partial charge is 0.355 e. The summed E-state index contributed by atoms with van der Waals surface area (Å²) in [5.74, 6) is -0.105. The number of H-pyrrole nitrogens is 1. The van der Waals surface area contributed by atoms with Gasteiger partial charge in [-0.15, -0.1) is 0 Å². The predicted octanol–water partition coefficient (Wildman–Crippen LogP) is 4.08. The molecule has 2 aromatic heterocycles. The lowest BCUT2D eigenvalue weighted by molar-refractivity contribution is 0.0942. The van der Waals surface area contributed by atoms with Crippen LogP contribution in [0.2, 0.25) is 0 Å². The van der Waals surface area contributed by atoms with Crippen LogP contribution in [0.25, 0.3) is 10.9 Å². The Morgan fingerprint density at radius 2 is 1.68 bits per heavy atom. The van der Waals surface area contributed by atoms with Crippen molar-refractivity contribution in [2.24, 2.45) is 0 Å². The molecular formula is C21H17N3O. The van der Waals surface area contributed by atoms with Gasteiger partial charge in [0.05, 0.1) is 17.8 Å². The van der Waals surface area contributed by atoms with Crippen LogP contribution in [-0.4, -0.2) is 15.9 Å². The molecule has 2 aromatic carbocycles. The molecule has 0 aliphatic carbocycles. The van der Waals surface area contributed by atoms with E-state index >= 15 is 0 Å². The summed E-state index contributed by atoms with van der Waals surface area (Å²) in [5.41, 5.74) is 3.54. The molecule has 4 nitrogen and oxygen atoms in total. The number of rotatable bonds is 4. The van der Waals surface area contributed by atoms with Gasteiger partial charge in [0.25, 0.3) is 5.91 Å². The maximum atomic E-state index is 12.7. The lowest BCUT2D eigenvalue weighted by atomic mass is 10.0. The molecule has 122 valence electrons. The first-order valence-corrected chi connectivity index (χ1v) is 8.15. The molecule has 25 heavy (non-hydrogen) atoms. The van der Waals surface area contributed by atoms with E-state index < -0.39 is 0 Å². The molecule has 1 amide bonds. The maximum Gasteiger partial charge on any atom is 0.252 e. The molecule has 2 heterocycles. The number of pyridine rings is 1. The Hall–Kier alpha value is -3.40. The second kappa shape index (κ2) is 6.61. The Kier molecular flexibility index (Phi) is 4.01. The first-order chi connectivity index (χ1) is 12.3. The topological polar surface area (TPSA) is 57.8 Å². The number of hydrogen-bond donors (Lipinski definition) is 2. The monoisotopic (exact) mass is 327 g/mol. The number of benzene rings is 2. The highest BCUT2D eigenvalue weighted by atomic mass is 16.1. The quantitative estimate of drug-likeness (QED) is 0.593. The minimum atomic E-state index is -0.263. The van der Waals surface area contributed by atoms with Gasteiger partial charge in [-0.25, -0.2) is 0 Å². The van der Waals surface area contributed by atoms with Crippen LogP contribution in [-0.2, 0) is 0 Å². The van der Waals surface area contributed by atoms with E-state index in [9.17, 15) is 4.79 Å². The summed E-state index contributed by atoms with van der Waals surface area (Å²) in [6.07, 6.45) is 3.56. The molecule has 0 bridgehead atoms. The van der Waals surface area contributed by atoms with Crippen LogP contribution in [0, 0.1) is 0 Å². The summed E-state index contributed by atoms with van der Waals surface area (Å²) in [5, 5.41) is 4.21. The van der Waals surface area contributed by atoms with Crippen molar-refractivity contribution in [1.29, 1.82) is 0 Å². The van der Waals surface area contributed by atoms with Crippen LogP contribution in [0.15, 0.2) is 85.2 Å². The van der Waals surface area contributed by atoms with Crippen molar-refractivity contribution in [3.8, 4) is 0 Å². The molecule has 0 spiro atoms. The summed E-state index contributed by atoms with van der Waals surface area (Å²) in [6, 6.07) is 22.9. The van der Waals surface area contributed by atoms with E-state index in [1.165, 1.54) is 0 Å². The number of hydrogen-bond acceptors (Lipinski definition) is 2. The van der Waals surface area contributed by atoms with Gasteiger partial charge in [0, 0.05) is 22.8 Å². The van der Waals surface area contributed by atoms with Gasteiger partial charge in [0.2, 0.25) is 0 Å². The average molecular weight is 327 g/mol. The van der Waals surface area contributed by atoms with Gasteiger partial charge in [0.15, 0.2) is 0 Å². The lowest BCUT2D eigenvalue weighted by Crippen LogP contribution is -2.29. The molecule has 4 rings (SSSR count). The minimum Gasteiger partial charge on any atom is -0.355 e. The number of nitrogens with one attached hydrogen (secondary N) is 2. The molecule has 0 fully saturated rings. The molecule has 2 N–H and O–H groups in total. The van der Waals surface area contributed by atoms with E-state index in [1.807, 2.05) is 66.7 Å². The second-order valence-corrected chi connectivity index (χ2v) is 5.87. The second-order valence-electron chi connectivity index (χ2n) is 5.87. The van der Waals surface area contributed by atoms with E-state index in [0.29, 0.717) is 5.56 Å². The fourth-order valence-corrected chi connectivity index (χ4v) is 2.94. The molecule has 0 saturated carbocycles. The Balaban J connectivity index is 1.73. The zero-order chi connectivity index (χ0) is 17.1. The summed E-state index contributed by atoms with van der Waals surface area (Å²) in [4.78, 5) is 20.2. The van der Waals surface area contributed by atoms with Crippen molar-refractivity contribution in [2.45, 2.75) is 6.04 Å². The number of aromatic nitrogens is 2. The van der Waals surface area contributed by atoms with Crippen molar-refractivity contribution >= 4 is 16.8 Å². The van der Waals surface area contributed by atoms with Crippen molar-refractivity contribution in [3.63, 3.8) is 0 Å². The van der Waals surface area contributed by atoms with Gasteiger partial charge in [-0.2, -0.15) is 0 Å². The lowest BCUT2D eigenvalue weighted by Gasteiger charge is -2.18. The highest BCUT2D eigenvalue weighted by Crippen LogP contribution is 2.25. The number of amides is 1. The third kappa shape index (κ3) is 3.15. The number of carbonyl (C=O) groups excluding carboxylic acids is 1. The highest BCUT2D eigenvalue weighted by Gasteiger charge is 2.19. The average Bonchev–Trinajstić information content (AvgIpc) is 3.11. The third-order valence-corrected chi connectivity index (χ3v) is 4.20. The summed E-state index contributed by atoms with van der Waals surface area (Å²) < 4.78 is 0. The van der Waals surface area contributed by atoms with Crippen LogP contribution in [0.1, 0.15) is 27.7 Å². The van der Waals surface area contributed by atoms with E-state index in [0.717, 1.165) is 22.2 Å². The minimum absolute atomic E-state index is 0.105. The van der Waals surface area contributed by atoms with Crippen LogP contribution < -0.4 is 5.32 Å². The normalized spacial score (nSPS) is 12.0. The molecule has 4 heteroatoms. The van der Waals surface area contributed by atoms with Gasteiger partial charge in [-0.3, -0.25) is 9.78 Å². The highest BCUT2D eigenvalue weighted by molar-refractivity contribution is 5.94. The first kappa shape index (κ1) is 15.1. The van der Waals surface area contributed by atoms with E-state index in [-0.39, 0.29) is 11.9 Å². The van der Waals surface area contributed by atoms with Gasteiger partial charge < -0.3 is 10.3 Å². The van der Waals surface area contributed by atoms with Crippen LogP contribution >= 0.6 is 0 Å². The smallest absolute Gasteiger partial charge is 0.252 e. The Morgan fingerprint density at radius 3 is 2.40 bits per heavy atom. The SMILES string of the molecule is O=C(N[C@@H](c1ccccc1)c1cc2ccncc2[nH]1)c1ccccc1. The summed E-state index contributed by atoms with van der Waals surface area (Å²) in [7, 11) is 0. The molecule has 0 aliphatic rings. The van der Waals surface area contributed by atoms with Crippen molar-refractivity contribution < 1.29 is 4.79 Å². The molecule has 0 radical (unpaired) electrons. The molecule has 4 aromatic rings. The Morgan fingerprint density at radius 1 is 0.960 bits per heavy atom. The Bertz CT molecular complexity index is 960. The van der Waals surface area contributed by atoms with Crippen LogP contribution in [0.5, 0.6) is 0 Å². The zero-order valence-corrected chi connectivity index (χ0v) is 13.5. The fourth-order valence-electron chi connectivity index (χ4n) is 2.94. The zero-order valence-electron chi connectivity index (χ0n) is 13.5. The molecule has 0 unspecified atom stereocenters. The summed E-state index contributed by atoms with van der Waals surface area (Å²) >= 11 is 0. The number of nitrogens with zero attached hydrogens (tertiary/aromatic N) is 1. The summed E-state index contributed by atoms with van der Waals surface area (Å²) in [6.45, 7) is 0. The molecular weight excluding hydrogens is 310 g/mol. The number of fused-ring (bicyclic) bond motifs is 1. The standard InChI is InChI=1S/C21H17N3O/c25-21(16-9-5-2-6-10-16)24-20(15-7-3-1-4-8-15)18-13-17-11-12-22-14-19(17)23-18/h1-14,20,23H,(H,24,25)/t20-/m0/s1. The molecule has 0 saturated heterocycles. The van der Waals surface area contributed by atoms with Gasteiger partial charge >= 0.3 is 0 Å². The first-order valence-electron chi connectivity index (χ1n) is 8.15. The Labute approximate surface area is 145 Å². The van der Waals surface area contributed by atoms with Gasteiger partial charge in [-0.05, 0) is 29.8 Å².